The van der Waals surface area contributed by atoms with Gasteiger partial charge in [0.25, 0.3) is 0 Å². The third kappa shape index (κ3) is 5.68. The van der Waals surface area contributed by atoms with Crippen LogP contribution in [-0.2, 0) is 6.54 Å². The first-order valence-corrected chi connectivity index (χ1v) is 7.22. The average molecular weight is 293 g/mol. The van der Waals surface area contributed by atoms with Crippen LogP contribution in [0.25, 0.3) is 0 Å². The molecular formula is C17H27NO3. The fourth-order valence-electron chi connectivity index (χ4n) is 1.79. The summed E-state index contributed by atoms with van der Waals surface area (Å²) >= 11 is 0. The van der Waals surface area contributed by atoms with Crippen molar-refractivity contribution in [3.8, 4) is 17.2 Å². The third-order valence-corrected chi connectivity index (χ3v) is 2.95. The maximum atomic E-state index is 5.79. The Labute approximate surface area is 128 Å². The van der Waals surface area contributed by atoms with E-state index < -0.39 is 0 Å². The molecule has 0 heterocycles. The molecule has 0 unspecified atom stereocenters. The molecule has 21 heavy (non-hydrogen) atoms. The molecule has 0 amide bonds. The monoisotopic (exact) mass is 293 g/mol. The van der Waals surface area contributed by atoms with Gasteiger partial charge in [-0.05, 0) is 37.6 Å². The zero-order valence-electron chi connectivity index (χ0n) is 13.9. The Morgan fingerprint density at radius 1 is 1.14 bits per heavy atom. The predicted octanol–water partition coefficient (Wildman–Crippen LogP) is 3.55. The summed E-state index contributed by atoms with van der Waals surface area (Å²) in [7, 11) is 3.28. The molecule has 1 aromatic carbocycles. The number of ether oxygens (including phenoxy) is 3. The van der Waals surface area contributed by atoms with Crippen LogP contribution in [-0.4, -0.2) is 26.9 Å². The largest absolute Gasteiger partial charge is 0.493 e. The van der Waals surface area contributed by atoms with Crippen LogP contribution < -0.4 is 19.5 Å². The Balaban J connectivity index is 2.97. The first-order chi connectivity index (χ1) is 9.97. The molecule has 0 aliphatic heterocycles. The van der Waals surface area contributed by atoms with Gasteiger partial charge in [0.2, 0.25) is 5.75 Å². The van der Waals surface area contributed by atoms with Crippen molar-refractivity contribution in [2.24, 2.45) is 0 Å². The van der Waals surface area contributed by atoms with E-state index in [1.807, 2.05) is 32.1 Å². The molecule has 0 radical (unpaired) electrons. The number of nitrogens with one attached hydrogen (secondary N) is 1. The quantitative estimate of drug-likeness (QED) is 0.744. The Morgan fingerprint density at radius 2 is 1.71 bits per heavy atom. The normalized spacial score (nSPS) is 10.4. The molecule has 0 aliphatic rings. The third-order valence-electron chi connectivity index (χ3n) is 2.95. The highest BCUT2D eigenvalue weighted by Gasteiger charge is 2.14. The van der Waals surface area contributed by atoms with Crippen LogP contribution in [0.4, 0.5) is 0 Å². The fraction of sp³-hybridized carbons (Fsp3) is 0.529. The molecule has 0 fully saturated rings. The van der Waals surface area contributed by atoms with E-state index in [4.69, 9.17) is 14.2 Å². The molecule has 118 valence electrons. The zero-order valence-corrected chi connectivity index (χ0v) is 13.9. The second kappa shape index (κ2) is 8.57. The lowest BCUT2D eigenvalue weighted by Gasteiger charge is -2.16. The first kappa shape index (κ1) is 17.4. The molecule has 0 bridgehead atoms. The fourth-order valence-corrected chi connectivity index (χ4v) is 1.79. The summed E-state index contributed by atoms with van der Waals surface area (Å²) in [4.78, 5) is 0. The minimum Gasteiger partial charge on any atom is -0.493 e. The second-order valence-electron chi connectivity index (χ2n) is 5.46. The molecule has 0 saturated heterocycles. The van der Waals surface area contributed by atoms with Crippen LogP contribution in [0.3, 0.4) is 0 Å². The Hall–Kier alpha value is -1.68. The molecule has 0 saturated carbocycles. The average Bonchev–Trinajstić information content (AvgIpc) is 2.44. The Kier molecular flexibility index (Phi) is 7.09. The van der Waals surface area contributed by atoms with Crippen LogP contribution >= 0.6 is 0 Å². The van der Waals surface area contributed by atoms with Crippen LogP contribution in [0.15, 0.2) is 23.8 Å². The van der Waals surface area contributed by atoms with Crippen LogP contribution in [0.2, 0.25) is 0 Å². The van der Waals surface area contributed by atoms with Crippen molar-refractivity contribution in [3.63, 3.8) is 0 Å². The summed E-state index contributed by atoms with van der Waals surface area (Å²) in [6.07, 6.45) is 2.02. The van der Waals surface area contributed by atoms with Gasteiger partial charge < -0.3 is 19.5 Å². The Morgan fingerprint density at radius 3 is 2.14 bits per heavy atom. The van der Waals surface area contributed by atoms with E-state index in [1.165, 1.54) is 5.57 Å². The van der Waals surface area contributed by atoms with E-state index in [0.717, 1.165) is 12.1 Å². The molecular weight excluding hydrogens is 266 g/mol. The molecule has 0 aromatic heterocycles. The number of rotatable bonds is 8. The van der Waals surface area contributed by atoms with Gasteiger partial charge >= 0.3 is 0 Å². The van der Waals surface area contributed by atoms with Gasteiger partial charge in [0.15, 0.2) is 11.5 Å². The first-order valence-electron chi connectivity index (χ1n) is 7.22. The lowest BCUT2D eigenvalue weighted by Crippen LogP contribution is -2.21. The molecule has 0 atom stereocenters. The molecule has 4 nitrogen and oxygen atoms in total. The van der Waals surface area contributed by atoms with Crippen molar-refractivity contribution in [2.45, 2.75) is 40.3 Å². The number of methoxy groups -OCH3 is 2. The number of hydrogen-bond acceptors (Lipinski definition) is 4. The van der Waals surface area contributed by atoms with Crippen LogP contribution in [0.5, 0.6) is 17.2 Å². The molecule has 1 rings (SSSR count). The van der Waals surface area contributed by atoms with Gasteiger partial charge in [-0.15, -0.1) is 0 Å². The molecule has 0 aliphatic carbocycles. The molecule has 4 heteroatoms. The predicted molar refractivity (Wildman–Crippen MR) is 86.4 cm³/mol. The van der Waals surface area contributed by atoms with Crippen molar-refractivity contribution in [1.82, 2.24) is 5.32 Å². The smallest absolute Gasteiger partial charge is 0.203 e. The summed E-state index contributed by atoms with van der Waals surface area (Å²) in [6.45, 7) is 9.57. The van der Waals surface area contributed by atoms with Gasteiger partial charge in [-0.3, -0.25) is 0 Å². The van der Waals surface area contributed by atoms with Gasteiger partial charge in [-0.2, -0.15) is 0 Å². The van der Waals surface area contributed by atoms with Crippen molar-refractivity contribution >= 4 is 0 Å². The van der Waals surface area contributed by atoms with E-state index in [-0.39, 0.29) is 0 Å². The lowest BCUT2D eigenvalue weighted by atomic mass is 10.1. The second-order valence-corrected chi connectivity index (χ2v) is 5.46. The number of benzene rings is 1. The van der Waals surface area contributed by atoms with Crippen molar-refractivity contribution in [1.29, 1.82) is 0 Å². The van der Waals surface area contributed by atoms with E-state index in [2.05, 4.69) is 19.2 Å². The molecule has 1 N–H and O–H groups in total. The van der Waals surface area contributed by atoms with Crippen molar-refractivity contribution in [3.05, 3.63) is 29.3 Å². The van der Waals surface area contributed by atoms with E-state index in [0.29, 0.717) is 29.9 Å². The maximum absolute atomic E-state index is 5.79. The highest BCUT2D eigenvalue weighted by atomic mass is 16.5. The highest BCUT2D eigenvalue weighted by Crippen LogP contribution is 2.38. The summed E-state index contributed by atoms with van der Waals surface area (Å²) in [5.41, 5.74) is 2.32. The minimum absolute atomic E-state index is 0.426. The highest BCUT2D eigenvalue weighted by molar-refractivity contribution is 5.54. The van der Waals surface area contributed by atoms with Gasteiger partial charge in [0, 0.05) is 12.6 Å². The number of allylic oxidation sites excluding steroid dienone is 1. The van der Waals surface area contributed by atoms with E-state index in [1.54, 1.807) is 14.2 Å². The van der Waals surface area contributed by atoms with Crippen LogP contribution in [0.1, 0.15) is 33.3 Å². The minimum atomic E-state index is 0.426. The van der Waals surface area contributed by atoms with E-state index >= 15 is 0 Å². The molecule has 0 spiro atoms. The molecule has 1 aromatic rings. The lowest BCUT2D eigenvalue weighted by molar-refractivity contribution is 0.299. The van der Waals surface area contributed by atoms with Gasteiger partial charge in [0.1, 0.15) is 6.61 Å². The van der Waals surface area contributed by atoms with Gasteiger partial charge in [0.05, 0.1) is 14.2 Å². The summed E-state index contributed by atoms with van der Waals surface area (Å²) < 4.78 is 16.7. The zero-order chi connectivity index (χ0) is 15.8. The topological polar surface area (TPSA) is 39.7 Å². The van der Waals surface area contributed by atoms with Crippen LogP contribution in [0, 0.1) is 0 Å². The summed E-state index contributed by atoms with van der Waals surface area (Å²) in [5, 5.41) is 3.38. The van der Waals surface area contributed by atoms with Gasteiger partial charge in [-0.25, -0.2) is 0 Å². The number of hydrogen-bond donors (Lipinski definition) is 1. The summed E-state index contributed by atoms with van der Waals surface area (Å²) in [5.74, 6) is 2.03. The maximum Gasteiger partial charge on any atom is 0.203 e. The van der Waals surface area contributed by atoms with E-state index in [9.17, 15) is 0 Å². The summed E-state index contributed by atoms with van der Waals surface area (Å²) in [6, 6.07) is 4.39. The van der Waals surface area contributed by atoms with Crippen molar-refractivity contribution < 1.29 is 14.2 Å². The van der Waals surface area contributed by atoms with Gasteiger partial charge in [-0.1, -0.05) is 19.4 Å². The SMILES string of the molecule is COc1cc(CNC(C)C)cc(OC)c1OCC=C(C)C. The standard InChI is InChI=1S/C17H27NO3/c1-12(2)7-8-21-17-15(19-5)9-14(10-16(17)20-6)11-18-13(3)4/h7,9-10,13,18H,8,11H2,1-6H3. The van der Waals surface area contributed by atoms with Crippen molar-refractivity contribution in [2.75, 3.05) is 20.8 Å². The Bertz CT molecular complexity index is 452.